The SMILES string of the molecule is CCC1(C)C(Cl)CC1Oc1ccc(Cl)cc1Br. The van der Waals surface area contributed by atoms with Gasteiger partial charge in [0.2, 0.25) is 0 Å². The predicted molar refractivity (Wildman–Crippen MR) is 76.2 cm³/mol. The van der Waals surface area contributed by atoms with Crippen molar-refractivity contribution < 1.29 is 4.74 Å². The van der Waals surface area contributed by atoms with Crippen molar-refractivity contribution in [2.24, 2.45) is 5.41 Å². The van der Waals surface area contributed by atoms with Gasteiger partial charge in [0.25, 0.3) is 0 Å². The van der Waals surface area contributed by atoms with Gasteiger partial charge in [-0.25, -0.2) is 0 Å². The third-order valence-corrected chi connectivity index (χ3v) is 5.33. The Labute approximate surface area is 121 Å². The van der Waals surface area contributed by atoms with Gasteiger partial charge in [-0.05, 0) is 40.5 Å². The summed E-state index contributed by atoms with van der Waals surface area (Å²) in [6.45, 7) is 4.34. The monoisotopic (exact) mass is 336 g/mol. The van der Waals surface area contributed by atoms with Gasteiger partial charge in [0.15, 0.2) is 0 Å². The van der Waals surface area contributed by atoms with Crippen molar-refractivity contribution in [2.75, 3.05) is 0 Å². The van der Waals surface area contributed by atoms with E-state index >= 15 is 0 Å². The van der Waals surface area contributed by atoms with Gasteiger partial charge in [-0.2, -0.15) is 0 Å². The summed E-state index contributed by atoms with van der Waals surface area (Å²) in [6.07, 6.45) is 2.12. The molecule has 94 valence electrons. The van der Waals surface area contributed by atoms with Gasteiger partial charge in [0.05, 0.1) is 4.47 Å². The molecule has 1 aromatic carbocycles. The fourth-order valence-electron chi connectivity index (χ4n) is 2.12. The normalized spacial score (nSPS) is 32.1. The summed E-state index contributed by atoms with van der Waals surface area (Å²) in [5.74, 6) is 0.836. The minimum atomic E-state index is 0.0701. The molecule has 0 bridgehead atoms. The van der Waals surface area contributed by atoms with E-state index in [4.69, 9.17) is 27.9 Å². The van der Waals surface area contributed by atoms with Gasteiger partial charge in [-0.1, -0.05) is 25.4 Å². The molecule has 0 aromatic heterocycles. The fraction of sp³-hybridized carbons (Fsp3) is 0.538. The van der Waals surface area contributed by atoms with E-state index in [0.717, 1.165) is 23.1 Å². The van der Waals surface area contributed by atoms with Crippen molar-refractivity contribution in [3.05, 3.63) is 27.7 Å². The number of alkyl halides is 1. The smallest absolute Gasteiger partial charge is 0.134 e. The Bertz CT molecular complexity index is 424. The summed E-state index contributed by atoms with van der Waals surface area (Å²) in [4.78, 5) is 0. The molecule has 3 unspecified atom stereocenters. The molecule has 0 saturated heterocycles. The molecule has 1 fully saturated rings. The van der Waals surface area contributed by atoms with Crippen molar-refractivity contribution in [3.63, 3.8) is 0 Å². The molecule has 1 aliphatic carbocycles. The van der Waals surface area contributed by atoms with Gasteiger partial charge in [-0.3, -0.25) is 0 Å². The number of hydrogen-bond acceptors (Lipinski definition) is 1. The van der Waals surface area contributed by atoms with E-state index in [1.54, 1.807) is 0 Å². The zero-order chi connectivity index (χ0) is 12.6. The van der Waals surface area contributed by atoms with Crippen molar-refractivity contribution in [2.45, 2.75) is 38.2 Å². The van der Waals surface area contributed by atoms with Gasteiger partial charge in [0.1, 0.15) is 11.9 Å². The molecule has 1 aromatic rings. The highest BCUT2D eigenvalue weighted by molar-refractivity contribution is 9.10. The highest BCUT2D eigenvalue weighted by atomic mass is 79.9. The van der Waals surface area contributed by atoms with E-state index in [1.807, 2.05) is 18.2 Å². The third-order valence-electron chi connectivity index (χ3n) is 3.80. The molecule has 0 radical (unpaired) electrons. The summed E-state index contributed by atoms with van der Waals surface area (Å²) >= 11 is 15.6. The van der Waals surface area contributed by atoms with Crippen LogP contribution >= 0.6 is 39.1 Å². The predicted octanol–water partition coefficient (Wildman–Crippen LogP) is 5.28. The van der Waals surface area contributed by atoms with Gasteiger partial charge >= 0.3 is 0 Å². The molecule has 0 N–H and O–H groups in total. The molecular formula is C13H15BrCl2O. The molecule has 1 saturated carbocycles. The van der Waals surface area contributed by atoms with Gasteiger partial charge < -0.3 is 4.74 Å². The quantitative estimate of drug-likeness (QED) is 0.682. The minimum Gasteiger partial charge on any atom is -0.489 e. The van der Waals surface area contributed by atoms with Crippen LogP contribution in [-0.2, 0) is 0 Å². The molecule has 2 rings (SSSR count). The van der Waals surface area contributed by atoms with E-state index in [2.05, 4.69) is 29.8 Å². The maximum Gasteiger partial charge on any atom is 0.134 e. The third kappa shape index (κ3) is 2.45. The Balaban J connectivity index is 2.12. The first-order valence-corrected chi connectivity index (χ1v) is 7.34. The Morgan fingerprint density at radius 1 is 1.53 bits per heavy atom. The molecular weight excluding hydrogens is 323 g/mol. The average Bonchev–Trinajstić information content (AvgIpc) is 2.30. The van der Waals surface area contributed by atoms with Crippen LogP contribution in [0.25, 0.3) is 0 Å². The van der Waals surface area contributed by atoms with E-state index in [1.165, 1.54) is 0 Å². The van der Waals surface area contributed by atoms with E-state index < -0.39 is 0 Å². The van der Waals surface area contributed by atoms with Crippen LogP contribution in [0.4, 0.5) is 0 Å². The highest BCUT2D eigenvalue weighted by Gasteiger charge is 2.51. The zero-order valence-corrected chi connectivity index (χ0v) is 12.9. The standard InChI is InChI=1S/C13H15BrCl2O/c1-3-13(2)11(16)7-12(13)17-10-5-4-8(15)6-9(10)14/h4-6,11-12H,3,7H2,1-2H3. The minimum absolute atomic E-state index is 0.0701. The van der Waals surface area contributed by atoms with Gasteiger partial charge in [0, 0.05) is 22.2 Å². The first-order valence-electron chi connectivity index (χ1n) is 5.73. The Hall–Kier alpha value is 0.0800. The lowest BCUT2D eigenvalue weighted by Crippen LogP contribution is -2.55. The summed E-state index contributed by atoms with van der Waals surface area (Å²) in [5.41, 5.74) is 0.0701. The summed E-state index contributed by atoms with van der Waals surface area (Å²) < 4.78 is 6.91. The maximum absolute atomic E-state index is 6.27. The molecule has 0 spiro atoms. The molecule has 0 heterocycles. The maximum atomic E-state index is 6.27. The highest BCUT2D eigenvalue weighted by Crippen LogP contribution is 2.49. The summed E-state index contributed by atoms with van der Waals surface area (Å²) in [5, 5.41) is 0.912. The second-order valence-electron chi connectivity index (χ2n) is 4.74. The van der Waals surface area contributed by atoms with Crippen LogP contribution < -0.4 is 4.74 Å². The van der Waals surface area contributed by atoms with Crippen LogP contribution in [0.5, 0.6) is 5.75 Å². The zero-order valence-electron chi connectivity index (χ0n) is 9.84. The number of hydrogen-bond donors (Lipinski definition) is 0. The van der Waals surface area contributed by atoms with Crippen LogP contribution in [-0.4, -0.2) is 11.5 Å². The lowest BCUT2D eigenvalue weighted by Gasteiger charge is -2.50. The molecule has 1 aliphatic rings. The van der Waals surface area contributed by atoms with E-state index in [9.17, 15) is 0 Å². The number of ether oxygens (including phenoxy) is 1. The Kier molecular flexibility index (Phi) is 3.96. The molecule has 1 nitrogen and oxygen atoms in total. The largest absolute Gasteiger partial charge is 0.489 e. The fourth-order valence-corrected chi connectivity index (χ4v) is 3.36. The van der Waals surface area contributed by atoms with Crippen molar-refractivity contribution in [3.8, 4) is 5.75 Å². The summed E-state index contributed by atoms with van der Waals surface area (Å²) in [6, 6.07) is 5.57. The van der Waals surface area contributed by atoms with E-state index in [0.29, 0.717) is 5.02 Å². The summed E-state index contributed by atoms with van der Waals surface area (Å²) in [7, 11) is 0. The second kappa shape index (κ2) is 4.99. The molecule has 17 heavy (non-hydrogen) atoms. The topological polar surface area (TPSA) is 9.23 Å². The lowest BCUT2D eigenvalue weighted by atomic mass is 9.65. The van der Waals surface area contributed by atoms with Crippen LogP contribution in [0.2, 0.25) is 5.02 Å². The Morgan fingerprint density at radius 3 is 2.76 bits per heavy atom. The Morgan fingerprint density at radius 2 is 2.24 bits per heavy atom. The van der Waals surface area contributed by atoms with Gasteiger partial charge in [-0.15, -0.1) is 11.6 Å². The van der Waals surface area contributed by atoms with Crippen LogP contribution in [0, 0.1) is 5.41 Å². The van der Waals surface area contributed by atoms with Crippen LogP contribution in [0.3, 0.4) is 0 Å². The van der Waals surface area contributed by atoms with Crippen LogP contribution in [0.1, 0.15) is 26.7 Å². The van der Waals surface area contributed by atoms with E-state index in [-0.39, 0.29) is 16.9 Å². The molecule has 3 atom stereocenters. The molecule has 0 aliphatic heterocycles. The molecule has 0 amide bonds. The number of rotatable bonds is 3. The first-order chi connectivity index (χ1) is 7.97. The van der Waals surface area contributed by atoms with Crippen molar-refractivity contribution in [1.29, 1.82) is 0 Å². The average molecular weight is 338 g/mol. The molecule has 4 heteroatoms. The second-order valence-corrected chi connectivity index (χ2v) is 6.56. The lowest BCUT2D eigenvalue weighted by molar-refractivity contribution is -0.0299. The number of benzene rings is 1. The first kappa shape index (κ1) is 13.5. The van der Waals surface area contributed by atoms with Crippen LogP contribution in [0.15, 0.2) is 22.7 Å². The number of halogens is 3. The van der Waals surface area contributed by atoms with Crippen molar-refractivity contribution in [1.82, 2.24) is 0 Å². The van der Waals surface area contributed by atoms with Crippen molar-refractivity contribution >= 4 is 39.1 Å².